The molecule has 2 heterocycles. The Morgan fingerprint density at radius 3 is 2.13 bits per heavy atom. The van der Waals surface area contributed by atoms with Gasteiger partial charge in [-0.1, -0.05) is 0 Å². The molecule has 0 saturated carbocycles. The van der Waals surface area contributed by atoms with Gasteiger partial charge in [-0.25, -0.2) is 0 Å². The molecule has 2 N–H and O–H groups in total. The van der Waals surface area contributed by atoms with Crippen molar-refractivity contribution in [2.45, 2.75) is 30.7 Å². The summed E-state index contributed by atoms with van der Waals surface area (Å²) in [4.78, 5) is 0. The lowest BCUT2D eigenvalue weighted by Crippen LogP contribution is -2.38. The number of aliphatic hydroxyl groups is 2. The van der Waals surface area contributed by atoms with Crippen molar-refractivity contribution in [3.8, 4) is 0 Å². The topological polar surface area (TPSA) is 74.8 Å². The van der Waals surface area contributed by atoms with Gasteiger partial charge in [0, 0.05) is 12.8 Å². The average molecular weight is 218 g/mol. The molecule has 5 nitrogen and oxygen atoms in total. The van der Waals surface area contributed by atoms with Gasteiger partial charge < -0.3 is 24.4 Å². The minimum Gasteiger partial charge on any atom is -0.394 e. The Morgan fingerprint density at radius 2 is 1.73 bits per heavy atom. The summed E-state index contributed by atoms with van der Waals surface area (Å²) in [5, 5.41) is 18.9. The fourth-order valence-corrected chi connectivity index (χ4v) is 1.75. The van der Waals surface area contributed by atoms with Gasteiger partial charge in [-0.3, -0.25) is 0 Å². The highest BCUT2D eigenvalue weighted by molar-refractivity contribution is 4.91. The van der Waals surface area contributed by atoms with Crippen molar-refractivity contribution in [3.63, 3.8) is 0 Å². The summed E-state index contributed by atoms with van der Waals surface area (Å²) in [6.45, 7) is 1.95. The van der Waals surface area contributed by atoms with Crippen LogP contribution in [0.2, 0.25) is 0 Å². The number of epoxide rings is 2. The summed E-state index contributed by atoms with van der Waals surface area (Å²) < 4.78 is 15.4. The van der Waals surface area contributed by atoms with Gasteiger partial charge in [-0.15, -0.1) is 0 Å². The third-order valence-corrected chi connectivity index (χ3v) is 2.63. The number of hydrogen-bond donors (Lipinski definition) is 2. The van der Waals surface area contributed by atoms with Gasteiger partial charge in [-0.2, -0.15) is 0 Å². The molecule has 2 aliphatic heterocycles. The molecule has 0 spiro atoms. The molecule has 0 aromatic rings. The fraction of sp³-hybridized carbons (Fsp3) is 1.00. The molecule has 0 amide bonds. The van der Waals surface area contributed by atoms with E-state index in [4.69, 9.17) is 19.3 Å². The highest BCUT2D eigenvalue weighted by atomic mass is 16.6. The number of aliphatic hydroxyl groups excluding tert-OH is 1. The lowest BCUT2D eigenvalue weighted by Gasteiger charge is -2.26. The van der Waals surface area contributed by atoms with E-state index in [9.17, 15) is 5.11 Å². The van der Waals surface area contributed by atoms with E-state index in [0.717, 1.165) is 13.2 Å². The van der Waals surface area contributed by atoms with E-state index < -0.39 is 5.60 Å². The third kappa shape index (κ3) is 4.04. The Morgan fingerprint density at radius 1 is 1.20 bits per heavy atom. The maximum Gasteiger partial charge on any atom is 0.0931 e. The van der Waals surface area contributed by atoms with Crippen LogP contribution in [-0.4, -0.2) is 61.1 Å². The van der Waals surface area contributed by atoms with E-state index in [1.807, 2.05) is 0 Å². The predicted molar refractivity (Wildman–Crippen MR) is 51.6 cm³/mol. The standard InChI is InChI=1S/C10H18O5/c11-1-2-13-7-10(12,3-8-5-14-8)4-9-6-15-9/h8-9,11-12H,1-7H2. The smallest absolute Gasteiger partial charge is 0.0931 e. The van der Waals surface area contributed by atoms with Crippen LogP contribution in [0.1, 0.15) is 12.8 Å². The first-order valence-electron chi connectivity index (χ1n) is 5.36. The second kappa shape index (κ2) is 4.76. The van der Waals surface area contributed by atoms with Crippen LogP contribution in [0.5, 0.6) is 0 Å². The van der Waals surface area contributed by atoms with Gasteiger partial charge in [0.25, 0.3) is 0 Å². The Bertz CT molecular complexity index is 186. The first kappa shape index (κ1) is 11.3. The van der Waals surface area contributed by atoms with Crippen molar-refractivity contribution in [1.82, 2.24) is 0 Å². The highest BCUT2D eigenvalue weighted by Crippen LogP contribution is 2.30. The lowest BCUT2D eigenvalue weighted by atomic mass is 9.93. The molecule has 0 radical (unpaired) electrons. The maximum absolute atomic E-state index is 10.3. The number of ether oxygens (including phenoxy) is 3. The molecule has 2 aliphatic rings. The Kier molecular flexibility index (Phi) is 3.58. The summed E-state index contributed by atoms with van der Waals surface area (Å²) in [6.07, 6.45) is 1.54. The number of rotatable bonds is 8. The van der Waals surface area contributed by atoms with Crippen LogP contribution >= 0.6 is 0 Å². The zero-order valence-corrected chi connectivity index (χ0v) is 8.72. The molecular formula is C10H18O5. The van der Waals surface area contributed by atoms with E-state index in [2.05, 4.69) is 0 Å². The van der Waals surface area contributed by atoms with Gasteiger partial charge in [-0.05, 0) is 0 Å². The highest BCUT2D eigenvalue weighted by Gasteiger charge is 2.41. The van der Waals surface area contributed by atoms with E-state index in [-0.39, 0.29) is 32.0 Å². The van der Waals surface area contributed by atoms with Gasteiger partial charge in [0.15, 0.2) is 0 Å². The molecule has 2 rings (SSSR count). The van der Waals surface area contributed by atoms with Crippen LogP contribution in [0.3, 0.4) is 0 Å². The summed E-state index contributed by atoms with van der Waals surface area (Å²) in [7, 11) is 0. The number of hydrogen-bond acceptors (Lipinski definition) is 5. The van der Waals surface area contributed by atoms with E-state index in [1.165, 1.54) is 0 Å². The van der Waals surface area contributed by atoms with Gasteiger partial charge in [0.1, 0.15) is 0 Å². The Labute approximate surface area is 88.9 Å². The van der Waals surface area contributed by atoms with Crippen LogP contribution in [0.4, 0.5) is 0 Å². The first-order valence-corrected chi connectivity index (χ1v) is 5.36. The second-order valence-electron chi connectivity index (χ2n) is 4.32. The molecule has 88 valence electrons. The molecule has 0 aliphatic carbocycles. The predicted octanol–water partition coefficient (Wildman–Crippen LogP) is -0.696. The fourth-order valence-electron chi connectivity index (χ4n) is 1.75. The van der Waals surface area contributed by atoms with Crippen molar-refractivity contribution >= 4 is 0 Å². The maximum atomic E-state index is 10.3. The normalized spacial score (nSPS) is 32.4. The van der Waals surface area contributed by atoms with Crippen molar-refractivity contribution in [2.24, 2.45) is 0 Å². The van der Waals surface area contributed by atoms with Crippen molar-refractivity contribution in [3.05, 3.63) is 0 Å². The van der Waals surface area contributed by atoms with Gasteiger partial charge in [0.2, 0.25) is 0 Å². The molecule has 2 atom stereocenters. The quantitative estimate of drug-likeness (QED) is 0.416. The SMILES string of the molecule is OCCOCC(O)(CC1CO1)CC1CO1. The third-order valence-electron chi connectivity index (χ3n) is 2.63. The molecule has 2 saturated heterocycles. The van der Waals surface area contributed by atoms with Crippen LogP contribution in [0, 0.1) is 0 Å². The monoisotopic (exact) mass is 218 g/mol. The van der Waals surface area contributed by atoms with Gasteiger partial charge >= 0.3 is 0 Å². The van der Waals surface area contributed by atoms with E-state index in [0.29, 0.717) is 12.8 Å². The minimum absolute atomic E-state index is 0.0179. The van der Waals surface area contributed by atoms with Crippen LogP contribution in [-0.2, 0) is 14.2 Å². The second-order valence-corrected chi connectivity index (χ2v) is 4.32. The zero-order valence-electron chi connectivity index (χ0n) is 8.72. The molecule has 2 unspecified atom stereocenters. The van der Waals surface area contributed by atoms with Gasteiger partial charge in [0.05, 0.1) is 50.8 Å². The van der Waals surface area contributed by atoms with E-state index in [1.54, 1.807) is 0 Å². The van der Waals surface area contributed by atoms with Crippen LogP contribution < -0.4 is 0 Å². The molecule has 0 bridgehead atoms. The van der Waals surface area contributed by atoms with Crippen molar-refractivity contribution in [1.29, 1.82) is 0 Å². The summed E-state index contributed by atoms with van der Waals surface area (Å²) in [5.74, 6) is 0. The Balaban J connectivity index is 1.75. The summed E-state index contributed by atoms with van der Waals surface area (Å²) >= 11 is 0. The summed E-state index contributed by atoms with van der Waals surface area (Å²) in [6, 6.07) is 0. The summed E-state index contributed by atoms with van der Waals surface area (Å²) in [5.41, 5.74) is -0.864. The zero-order chi connectivity index (χ0) is 10.7. The van der Waals surface area contributed by atoms with Crippen molar-refractivity contribution < 1.29 is 24.4 Å². The molecule has 0 aromatic heterocycles. The molecule has 5 heteroatoms. The van der Waals surface area contributed by atoms with Crippen LogP contribution in [0.15, 0.2) is 0 Å². The molecular weight excluding hydrogens is 200 g/mol. The molecule has 2 fully saturated rings. The van der Waals surface area contributed by atoms with Crippen LogP contribution in [0.25, 0.3) is 0 Å². The Hall–Kier alpha value is -0.200. The molecule has 0 aromatic carbocycles. The average Bonchev–Trinajstić information content (AvgIpc) is 3.02. The van der Waals surface area contributed by atoms with E-state index >= 15 is 0 Å². The molecule has 15 heavy (non-hydrogen) atoms. The van der Waals surface area contributed by atoms with Crippen molar-refractivity contribution in [2.75, 3.05) is 33.0 Å². The lowest BCUT2D eigenvalue weighted by molar-refractivity contribution is -0.0690. The minimum atomic E-state index is -0.864. The first-order chi connectivity index (χ1) is 7.22. The largest absolute Gasteiger partial charge is 0.394 e.